The first-order valence-electron chi connectivity index (χ1n) is 6.09. The Labute approximate surface area is 122 Å². The minimum Gasteiger partial charge on any atom is -0.289 e. The number of allylic oxidation sites excluding steroid dienone is 1. The average Bonchev–Trinajstić information content (AvgIpc) is 2.53. The van der Waals surface area contributed by atoms with Crippen molar-refractivity contribution in [2.75, 3.05) is 6.26 Å². The fourth-order valence-electron chi connectivity index (χ4n) is 1.74. The van der Waals surface area contributed by atoms with Crippen LogP contribution in [0, 0.1) is 11.3 Å². The molecule has 0 unspecified atom stereocenters. The fourth-order valence-corrected chi connectivity index (χ4v) is 2.14. The van der Waals surface area contributed by atoms with E-state index in [0.29, 0.717) is 11.1 Å². The van der Waals surface area contributed by atoms with Crippen LogP contribution in [0.3, 0.4) is 0 Å². The van der Waals surface area contributed by atoms with Crippen LogP contribution in [0.15, 0.2) is 59.5 Å². The van der Waals surface area contributed by atoms with Crippen LogP contribution in [0.1, 0.15) is 21.5 Å². The summed E-state index contributed by atoms with van der Waals surface area (Å²) in [7, 11) is 0. The van der Waals surface area contributed by atoms with Crippen molar-refractivity contribution in [1.29, 1.82) is 5.26 Å². The van der Waals surface area contributed by atoms with Crippen molar-refractivity contribution < 1.29 is 4.79 Å². The molecule has 0 heterocycles. The number of thioether (sulfide) groups is 1. The number of hydrogen-bond donors (Lipinski definition) is 0. The first kappa shape index (κ1) is 14.1. The number of carbonyl (C=O) groups excluding carboxylic acids is 1. The van der Waals surface area contributed by atoms with Gasteiger partial charge in [-0.15, -0.1) is 11.8 Å². The van der Waals surface area contributed by atoms with Crippen LogP contribution in [-0.4, -0.2) is 12.0 Å². The van der Waals surface area contributed by atoms with E-state index in [-0.39, 0.29) is 5.78 Å². The minimum atomic E-state index is -0.0417. The smallest absolute Gasteiger partial charge is 0.185 e. The van der Waals surface area contributed by atoms with E-state index in [2.05, 4.69) is 6.07 Å². The molecule has 0 aliphatic heterocycles. The van der Waals surface area contributed by atoms with Gasteiger partial charge in [0.2, 0.25) is 0 Å². The van der Waals surface area contributed by atoms with Crippen LogP contribution in [0.25, 0.3) is 6.08 Å². The highest BCUT2D eigenvalue weighted by atomic mass is 32.2. The number of nitriles is 1. The third kappa shape index (κ3) is 3.59. The second-order valence-electron chi connectivity index (χ2n) is 4.16. The van der Waals surface area contributed by atoms with E-state index >= 15 is 0 Å². The van der Waals surface area contributed by atoms with Crippen LogP contribution < -0.4 is 0 Å². The predicted molar refractivity (Wildman–Crippen MR) is 82.7 cm³/mol. The van der Waals surface area contributed by atoms with Gasteiger partial charge >= 0.3 is 0 Å². The van der Waals surface area contributed by atoms with E-state index in [1.165, 1.54) is 6.08 Å². The molecule has 0 bridgehead atoms. The Bertz CT molecular complexity index is 681. The molecule has 2 aromatic rings. The fraction of sp³-hybridized carbons (Fsp3) is 0.0588. The summed E-state index contributed by atoms with van der Waals surface area (Å²) in [5.41, 5.74) is 2.09. The standard InChI is InChI=1S/C17H13NOS/c1-20-16-8-6-15(7-9-16)17(19)10-5-13-3-2-4-14(11-13)12-18/h2-11H,1H3/b10-5+. The number of benzene rings is 2. The molecule has 0 fully saturated rings. The molecule has 0 aliphatic carbocycles. The van der Waals surface area contributed by atoms with E-state index < -0.39 is 0 Å². The summed E-state index contributed by atoms with van der Waals surface area (Å²) in [6.07, 6.45) is 5.26. The van der Waals surface area contributed by atoms with E-state index in [0.717, 1.165) is 10.5 Å². The van der Waals surface area contributed by atoms with E-state index in [1.54, 1.807) is 36.0 Å². The summed E-state index contributed by atoms with van der Waals surface area (Å²) in [6, 6.07) is 16.7. The number of nitrogens with zero attached hydrogens (tertiary/aromatic N) is 1. The first-order valence-corrected chi connectivity index (χ1v) is 7.32. The maximum Gasteiger partial charge on any atom is 0.185 e. The summed E-state index contributed by atoms with van der Waals surface area (Å²) < 4.78 is 0. The van der Waals surface area contributed by atoms with Crippen LogP contribution in [-0.2, 0) is 0 Å². The zero-order valence-electron chi connectivity index (χ0n) is 11.0. The lowest BCUT2D eigenvalue weighted by Gasteiger charge is -1.98. The highest BCUT2D eigenvalue weighted by Crippen LogP contribution is 2.15. The molecule has 20 heavy (non-hydrogen) atoms. The summed E-state index contributed by atoms with van der Waals surface area (Å²) in [5.74, 6) is -0.0417. The molecule has 0 spiro atoms. The Balaban J connectivity index is 2.13. The predicted octanol–water partition coefficient (Wildman–Crippen LogP) is 4.18. The second-order valence-corrected chi connectivity index (χ2v) is 5.04. The normalized spacial score (nSPS) is 10.4. The maximum atomic E-state index is 12.0. The first-order chi connectivity index (χ1) is 9.72. The van der Waals surface area contributed by atoms with Gasteiger partial charge in [0.05, 0.1) is 11.6 Å². The topological polar surface area (TPSA) is 40.9 Å². The lowest BCUT2D eigenvalue weighted by molar-refractivity contribution is 0.104. The molecule has 0 amide bonds. The Morgan fingerprint density at radius 3 is 2.60 bits per heavy atom. The molecule has 0 atom stereocenters. The molecule has 0 saturated heterocycles. The van der Waals surface area contributed by atoms with Gasteiger partial charge in [-0.2, -0.15) is 5.26 Å². The van der Waals surface area contributed by atoms with Gasteiger partial charge in [0.15, 0.2) is 5.78 Å². The van der Waals surface area contributed by atoms with Gasteiger partial charge < -0.3 is 0 Å². The van der Waals surface area contributed by atoms with Gasteiger partial charge in [-0.1, -0.05) is 18.2 Å². The molecule has 3 heteroatoms. The quantitative estimate of drug-likeness (QED) is 0.479. The number of rotatable bonds is 4. The number of hydrogen-bond acceptors (Lipinski definition) is 3. The Kier molecular flexibility index (Phi) is 4.75. The van der Waals surface area contributed by atoms with Crippen molar-refractivity contribution in [3.63, 3.8) is 0 Å². The second kappa shape index (κ2) is 6.74. The zero-order chi connectivity index (χ0) is 14.4. The van der Waals surface area contributed by atoms with Gasteiger partial charge in [0, 0.05) is 10.5 Å². The van der Waals surface area contributed by atoms with Gasteiger partial charge in [-0.05, 0) is 54.3 Å². The molecule has 0 aliphatic rings. The minimum absolute atomic E-state index is 0.0417. The third-order valence-corrected chi connectivity index (χ3v) is 3.56. The van der Waals surface area contributed by atoms with Gasteiger partial charge in [0.1, 0.15) is 0 Å². The molecular formula is C17H13NOS. The molecule has 2 nitrogen and oxygen atoms in total. The summed E-state index contributed by atoms with van der Waals surface area (Å²) >= 11 is 1.64. The Morgan fingerprint density at radius 1 is 1.20 bits per heavy atom. The van der Waals surface area contributed by atoms with Gasteiger partial charge in [-0.25, -0.2) is 0 Å². The van der Waals surface area contributed by atoms with E-state index in [9.17, 15) is 4.79 Å². The van der Waals surface area contributed by atoms with Crippen molar-refractivity contribution in [1.82, 2.24) is 0 Å². The SMILES string of the molecule is CSc1ccc(C(=O)/C=C/c2cccc(C#N)c2)cc1. The third-order valence-electron chi connectivity index (χ3n) is 2.82. The lowest BCUT2D eigenvalue weighted by Crippen LogP contribution is -1.93. The highest BCUT2D eigenvalue weighted by molar-refractivity contribution is 7.98. The lowest BCUT2D eigenvalue weighted by atomic mass is 10.1. The number of ketones is 1. The number of carbonyl (C=O) groups is 1. The van der Waals surface area contributed by atoms with Crippen LogP contribution in [0.5, 0.6) is 0 Å². The van der Waals surface area contributed by atoms with Crippen molar-refractivity contribution in [3.05, 3.63) is 71.3 Å². The molecule has 0 aromatic heterocycles. The molecule has 0 N–H and O–H groups in total. The monoisotopic (exact) mass is 279 g/mol. The molecule has 2 aromatic carbocycles. The molecule has 98 valence electrons. The molecule has 0 radical (unpaired) electrons. The van der Waals surface area contributed by atoms with Crippen LogP contribution in [0.2, 0.25) is 0 Å². The van der Waals surface area contributed by atoms with Crippen LogP contribution in [0.4, 0.5) is 0 Å². The van der Waals surface area contributed by atoms with Crippen LogP contribution >= 0.6 is 11.8 Å². The summed E-state index contributed by atoms with van der Waals surface area (Å²) in [6.45, 7) is 0. The largest absolute Gasteiger partial charge is 0.289 e. The average molecular weight is 279 g/mol. The summed E-state index contributed by atoms with van der Waals surface area (Å²) in [5, 5.41) is 8.82. The van der Waals surface area contributed by atoms with Crippen molar-refractivity contribution in [3.8, 4) is 6.07 Å². The molecule has 0 saturated carbocycles. The van der Waals surface area contributed by atoms with Gasteiger partial charge in [0.25, 0.3) is 0 Å². The van der Waals surface area contributed by atoms with Crippen molar-refractivity contribution in [2.45, 2.75) is 4.90 Å². The molecular weight excluding hydrogens is 266 g/mol. The highest BCUT2D eigenvalue weighted by Gasteiger charge is 2.01. The maximum absolute atomic E-state index is 12.0. The molecule has 2 rings (SSSR count). The van der Waals surface area contributed by atoms with Crippen molar-refractivity contribution in [2.24, 2.45) is 0 Å². The Morgan fingerprint density at radius 2 is 1.95 bits per heavy atom. The summed E-state index contributed by atoms with van der Waals surface area (Å²) in [4.78, 5) is 13.1. The van der Waals surface area contributed by atoms with E-state index in [4.69, 9.17) is 5.26 Å². The Hall–Kier alpha value is -2.31. The van der Waals surface area contributed by atoms with Crippen molar-refractivity contribution >= 4 is 23.6 Å². The van der Waals surface area contributed by atoms with E-state index in [1.807, 2.05) is 36.6 Å². The van der Waals surface area contributed by atoms with Gasteiger partial charge in [-0.3, -0.25) is 4.79 Å². The zero-order valence-corrected chi connectivity index (χ0v) is 11.9.